The number of aromatic nitrogens is 3. The molecule has 1 aromatic carbocycles. The molecule has 0 aliphatic carbocycles. The van der Waals surface area contributed by atoms with E-state index >= 15 is 0 Å². The Balaban J connectivity index is 0.000000389. The molecular formula is C22H34ClN5OS4. The summed E-state index contributed by atoms with van der Waals surface area (Å²) in [5.74, 6) is 0. The third kappa shape index (κ3) is 10.9. The van der Waals surface area contributed by atoms with Crippen LogP contribution in [0.1, 0.15) is 32.8 Å². The molecule has 6 nitrogen and oxygen atoms in total. The molecule has 0 bridgehead atoms. The van der Waals surface area contributed by atoms with Crippen molar-refractivity contribution in [2.75, 3.05) is 28.2 Å². The molecule has 0 aliphatic rings. The molecule has 184 valence electrons. The number of halogens is 1. The Morgan fingerprint density at radius 2 is 1.55 bits per heavy atom. The Morgan fingerprint density at radius 3 is 1.94 bits per heavy atom. The first kappa shape index (κ1) is 30.1. The molecule has 2 aromatic rings. The van der Waals surface area contributed by atoms with Gasteiger partial charge in [0, 0.05) is 33.2 Å². The van der Waals surface area contributed by atoms with Gasteiger partial charge < -0.3 is 14.9 Å². The zero-order chi connectivity index (χ0) is 25.2. The van der Waals surface area contributed by atoms with Gasteiger partial charge in [0.2, 0.25) is 0 Å². The van der Waals surface area contributed by atoms with Gasteiger partial charge in [-0.3, -0.25) is 4.68 Å². The van der Waals surface area contributed by atoms with E-state index in [0.29, 0.717) is 13.0 Å². The molecule has 2 rings (SSSR count). The van der Waals surface area contributed by atoms with Crippen LogP contribution in [0.2, 0.25) is 5.02 Å². The highest BCUT2D eigenvalue weighted by Crippen LogP contribution is 2.35. The normalized spacial score (nSPS) is 12.9. The number of hydrogen-bond donors (Lipinski definition) is 1. The van der Waals surface area contributed by atoms with Gasteiger partial charge in [-0.25, -0.2) is 4.98 Å². The smallest absolute Gasteiger partial charge is 0.146 e. The summed E-state index contributed by atoms with van der Waals surface area (Å²) in [6, 6.07) is 7.76. The fourth-order valence-corrected chi connectivity index (χ4v) is 5.00. The zero-order valence-corrected chi connectivity index (χ0v) is 24.3. The average molecular weight is 548 g/mol. The first-order chi connectivity index (χ1) is 15.2. The fourth-order valence-electron chi connectivity index (χ4n) is 2.50. The van der Waals surface area contributed by atoms with Crippen molar-refractivity contribution in [2.45, 2.75) is 45.8 Å². The number of rotatable bonds is 5. The van der Waals surface area contributed by atoms with Crippen LogP contribution in [0.25, 0.3) is 0 Å². The van der Waals surface area contributed by atoms with Crippen molar-refractivity contribution in [2.24, 2.45) is 5.41 Å². The van der Waals surface area contributed by atoms with E-state index in [1.54, 1.807) is 11.0 Å². The lowest BCUT2D eigenvalue weighted by Gasteiger charge is -2.40. The summed E-state index contributed by atoms with van der Waals surface area (Å²) in [7, 11) is 10.7. The maximum atomic E-state index is 11.1. The second-order valence-electron chi connectivity index (χ2n) is 8.99. The van der Waals surface area contributed by atoms with Gasteiger partial charge in [0.25, 0.3) is 0 Å². The molecular weight excluding hydrogens is 514 g/mol. The quantitative estimate of drug-likeness (QED) is 0.391. The Hall–Kier alpha value is -0.910. The number of benzene rings is 1. The number of aliphatic hydroxyl groups is 1. The van der Waals surface area contributed by atoms with Crippen molar-refractivity contribution in [1.29, 1.82) is 0 Å². The minimum atomic E-state index is -0.861. The van der Waals surface area contributed by atoms with Crippen LogP contribution in [0, 0.1) is 5.41 Å². The van der Waals surface area contributed by atoms with Crippen molar-refractivity contribution >= 4 is 66.3 Å². The van der Waals surface area contributed by atoms with Gasteiger partial charge >= 0.3 is 0 Å². The van der Waals surface area contributed by atoms with Crippen LogP contribution in [-0.2, 0) is 13.0 Å². The van der Waals surface area contributed by atoms with E-state index in [4.69, 9.17) is 36.0 Å². The molecule has 1 N–H and O–H groups in total. The summed E-state index contributed by atoms with van der Waals surface area (Å²) in [6.45, 7) is 6.58. The van der Waals surface area contributed by atoms with E-state index in [-0.39, 0.29) is 5.41 Å². The van der Waals surface area contributed by atoms with Crippen LogP contribution >= 0.6 is 57.6 Å². The van der Waals surface area contributed by atoms with E-state index in [1.807, 2.05) is 83.0 Å². The second kappa shape index (κ2) is 13.8. The van der Waals surface area contributed by atoms with Crippen LogP contribution in [0.15, 0.2) is 36.9 Å². The van der Waals surface area contributed by atoms with Gasteiger partial charge in [-0.2, -0.15) is 5.10 Å². The maximum Gasteiger partial charge on any atom is 0.146 e. The molecule has 1 aromatic heterocycles. The van der Waals surface area contributed by atoms with Gasteiger partial charge in [-0.05, 0) is 57.5 Å². The maximum absolute atomic E-state index is 11.1. The highest BCUT2D eigenvalue weighted by molar-refractivity contribution is 8.89. The van der Waals surface area contributed by atoms with Crippen LogP contribution in [0.4, 0.5) is 0 Å². The molecule has 0 aliphatic heterocycles. The van der Waals surface area contributed by atoms with Crippen LogP contribution in [-0.4, -0.2) is 72.1 Å². The molecule has 1 unspecified atom stereocenters. The van der Waals surface area contributed by atoms with Gasteiger partial charge in [0.1, 0.15) is 21.3 Å². The third-order valence-electron chi connectivity index (χ3n) is 4.94. The van der Waals surface area contributed by atoms with Gasteiger partial charge in [0.15, 0.2) is 0 Å². The van der Waals surface area contributed by atoms with Crippen molar-refractivity contribution < 1.29 is 5.11 Å². The summed E-state index contributed by atoms with van der Waals surface area (Å²) in [4.78, 5) is 7.73. The molecule has 11 heteroatoms. The van der Waals surface area contributed by atoms with Crippen LogP contribution < -0.4 is 0 Å². The molecule has 0 saturated heterocycles. The zero-order valence-electron chi connectivity index (χ0n) is 20.3. The Morgan fingerprint density at radius 1 is 1.03 bits per heavy atom. The van der Waals surface area contributed by atoms with E-state index < -0.39 is 5.60 Å². The minimum absolute atomic E-state index is 0.259. The average Bonchev–Trinajstić information content (AvgIpc) is 3.23. The monoisotopic (exact) mass is 547 g/mol. The second-order valence-corrected chi connectivity index (χ2v) is 12.8. The number of aryl methyl sites for hydroxylation is 1. The van der Waals surface area contributed by atoms with Gasteiger partial charge in [-0.15, -0.1) is 0 Å². The molecule has 0 saturated carbocycles. The third-order valence-corrected chi connectivity index (χ3v) is 9.35. The van der Waals surface area contributed by atoms with Crippen molar-refractivity contribution in [3.05, 3.63) is 47.5 Å². The predicted molar refractivity (Wildman–Crippen MR) is 152 cm³/mol. The van der Waals surface area contributed by atoms with Crippen LogP contribution in [0.3, 0.4) is 0 Å². The number of thiocarbonyl (C=S) groups is 2. The van der Waals surface area contributed by atoms with Crippen molar-refractivity contribution in [1.82, 2.24) is 24.6 Å². The van der Waals surface area contributed by atoms with Gasteiger partial charge in [-0.1, -0.05) is 68.9 Å². The summed E-state index contributed by atoms with van der Waals surface area (Å²) in [5.41, 5.74) is 0.0479. The Labute approximate surface area is 221 Å². The fraction of sp³-hybridized carbons (Fsp3) is 0.545. The predicted octanol–water partition coefficient (Wildman–Crippen LogP) is 5.40. The Kier molecular flexibility index (Phi) is 12.6. The molecule has 1 atom stereocenters. The topological polar surface area (TPSA) is 57.4 Å². The van der Waals surface area contributed by atoms with E-state index in [0.717, 1.165) is 20.1 Å². The minimum Gasteiger partial charge on any atom is -0.387 e. The SMILES string of the molecule is CC(C)(C)C(O)(CCc1ccc(Cl)cc1)Cn1cncn1.CN(C)C(=S)SSC(=S)N(C)C. The number of nitrogens with zero attached hydrogens (tertiary/aromatic N) is 5. The standard InChI is InChI=1S/C16H22ClN3O.C6H12N2S4/c1-15(2,3)16(21,10-20-12-18-11-19-20)9-8-13-4-6-14(17)7-5-13;1-7(2)5(9)11-12-6(10)8(3)4/h4-7,11-12,21H,8-10H2,1-3H3;1-4H3. The summed E-state index contributed by atoms with van der Waals surface area (Å²) < 4.78 is 3.36. The van der Waals surface area contributed by atoms with E-state index in [9.17, 15) is 5.11 Å². The first-order valence-electron chi connectivity index (χ1n) is 10.3. The molecule has 0 spiro atoms. The molecule has 0 amide bonds. The lowest BCUT2D eigenvalue weighted by molar-refractivity contribution is -0.0796. The lowest BCUT2D eigenvalue weighted by atomic mass is 9.73. The van der Waals surface area contributed by atoms with Crippen LogP contribution in [0.5, 0.6) is 0 Å². The lowest BCUT2D eigenvalue weighted by Crippen LogP contribution is -2.47. The molecule has 33 heavy (non-hydrogen) atoms. The first-order valence-corrected chi connectivity index (χ1v) is 13.7. The van der Waals surface area contributed by atoms with E-state index in [1.165, 1.54) is 33.5 Å². The Bertz CT molecular complexity index is 850. The van der Waals surface area contributed by atoms with Crippen molar-refractivity contribution in [3.8, 4) is 0 Å². The largest absolute Gasteiger partial charge is 0.387 e. The molecule has 1 heterocycles. The molecule has 0 radical (unpaired) electrons. The number of hydrogen-bond acceptors (Lipinski definition) is 7. The summed E-state index contributed by atoms with van der Waals surface area (Å²) in [5, 5.41) is 16.0. The highest BCUT2D eigenvalue weighted by atomic mass is 35.5. The van der Waals surface area contributed by atoms with Crippen molar-refractivity contribution in [3.63, 3.8) is 0 Å². The summed E-state index contributed by atoms with van der Waals surface area (Å²) in [6.07, 6.45) is 4.57. The summed E-state index contributed by atoms with van der Waals surface area (Å²) >= 11 is 16.0. The van der Waals surface area contributed by atoms with E-state index in [2.05, 4.69) is 10.1 Å². The highest BCUT2D eigenvalue weighted by Gasteiger charge is 2.40. The van der Waals surface area contributed by atoms with Gasteiger partial charge in [0.05, 0.1) is 12.1 Å². The molecule has 0 fully saturated rings.